The van der Waals surface area contributed by atoms with Crippen molar-refractivity contribution in [2.75, 3.05) is 19.6 Å². The van der Waals surface area contributed by atoms with Gasteiger partial charge < -0.3 is 5.32 Å². The number of halogens is 1. The molecule has 1 aromatic rings. The van der Waals surface area contributed by atoms with E-state index < -0.39 is 10.0 Å². The zero-order valence-corrected chi connectivity index (χ0v) is 13.4. The second kappa shape index (κ2) is 6.35. The van der Waals surface area contributed by atoms with Crippen LogP contribution >= 0.6 is 15.9 Å². The molecule has 0 radical (unpaired) electrons. The molecule has 1 aliphatic heterocycles. The molecule has 0 aromatic heterocycles. The molecule has 0 spiro atoms. The van der Waals surface area contributed by atoms with Crippen LogP contribution in [0.1, 0.15) is 18.4 Å². The molecule has 1 aromatic carbocycles. The highest BCUT2D eigenvalue weighted by Gasteiger charge is 2.20. The maximum absolute atomic E-state index is 12.3. The van der Waals surface area contributed by atoms with Crippen molar-refractivity contribution in [3.8, 4) is 0 Å². The van der Waals surface area contributed by atoms with Gasteiger partial charge in [-0.25, -0.2) is 13.1 Å². The lowest BCUT2D eigenvalue weighted by Crippen LogP contribution is -2.36. The molecule has 19 heavy (non-hydrogen) atoms. The van der Waals surface area contributed by atoms with E-state index >= 15 is 0 Å². The molecular weight excluding hydrogens is 328 g/mol. The molecule has 1 fully saturated rings. The predicted octanol–water partition coefficient (Wildman–Crippen LogP) is 2.04. The first kappa shape index (κ1) is 15.0. The molecule has 2 N–H and O–H groups in total. The van der Waals surface area contributed by atoms with Crippen LogP contribution < -0.4 is 10.0 Å². The van der Waals surface area contributed by atoms with Gasteiger partial charge in [-0.2, -0.15) is 0 Å². The normalized spacial score (nSPS) is 17.6. The Bertz CT molecular complexity index is 540. The molecule has 0 amide bonds. The highest BCUT2D eigenvalue weighted by Crippen LogP contribution is 2.23. The largest absolute Gasteiger partial charge is 0.317 e. The Hall–Kier alpha value is -0.430. The number of sulfonamides is 1. The molecule has 0 saturated carbocycles. The Morgan fingerprint density at radius 1 is 1.37 bits per heavy atom. The second-order valence-corrected chi connectivity index (χ2v) is 7.57. The predicted molar refractivity (Wildman–Crippen MR) is 79.7 cm³/mol. The van der Waals surface area contributed by atoms with Gasteiger partial charge in [-0.3, -0.25) is 0 Å². The molecule has 1 heterocycles. The summed E-state index contributed by atoms with van der Waals surface area (Å²) in [5.74, 6) is 0.431. The summed E-state index contributed by atoms with van der Waals surface area (Å²) >= 11 is 3.32. The molecule has 0 aliphatic carbocycles. The van der Waals surface area contributed by atoms with E-state index in [9.17, 15) is 8.42 Å². The fourth-order valence-corrected chi connectivity index (χ4v) is 4.52. The van der Waals surface area contributed by atoms with Gasteiger partial charge >= 0.3 is 0 Å². The molecule has 106 valence electrons. The molecule has 0 atom stereocenters. The molecule has 0 unspecified atom stereocenters. The van der Waals surface area contributed by atoms with Crippen molar-refractivity contribution in [3.63, 3.8) is 0 Å². The number of rotatable bonds is 4. The van der Waals surface area contributed by atoms with Crippen molar-refractivity contribution >= 4 is 26.0 Å². The summed E-state index contributed by atoms with van der Waals surface area (Å²) in [6.45, 7) is 4.40. The molecule has 6 heteroatoms. The number of benzene rings is 1. The summed E-state index contributed by atoms with van der Waals surface area (Å²) in [5, 5.41) is 3.27. The van der Waals surface area contributed by atoms with Crippen LogP contribution in [0.4, 0.5) is 0 Å². The summed E-state index contributed by atoms with van der Waals surface area (Å²) in [5.41, 5.74) is 1.03. The molecule has 1 saturated heterocycles. The van der Waals surface area contributed by atoms with Crippen LogP contribution in [-0.4, -0.2) is 28.1 Å². The Balaban J connectivity index is 2.05. The Kier molecular flexibility index (Phi) is 5.00. The number of aryl methyl sites for hydroxylation is 1. The quantitative estimate of drug-likeness (QED) is 0.876. The smallest absolute Gasteiger partial charge is 0.241 e. The van der Waals surface area contributed by atoms with Crippen LogP contribution in [-0.2, 0) is 10.0 Å². The fraction of sp³-hybridized carbons (Fsp3) is 0.538. The number of nitrogens with one attached hydrogen (secondary N) is 2. The first-order chi connectivity index (χ1) is 8.99. The summed E-state index contributed by atoms with van der Waals surface area (Å²) in [6.07, 6.45) is 2.05. The van der Waals surface area contributed by atoms with Gasteiger partial charge in [0, 0.05) is 11.0 Å². The highest BCUT2D eigenvalue weighted by atomic mass is 79.9. The molecule has 1 aliphatic rings. The Morgan fingerprint density at radius 2 is 2.05 bits per heavy atom. The average Bonchev–Trinajstić information content (AvgIpc) is 2.37. The summed E-state index contributed by atoms with van der Waals surface area (Å²) < 4.78 is 27.8. The number of hydrogen-bond donors (Lipinski definition) is 2. The van der Waals surface area contributed by atoms with E-state index in [-0.39, 0.29) is 0 Å². The van der Waals surface area contributed by atoms with Crippen LogP contribution in [0.5, 0.6) is 0 Å². The molecule has 4 nitrogen and oxygen atoms in total. The maximum Gasteiger partial charge on any atom is 0.241 e. The SMILES string of the molecule is Cc1ccc(S(=O)(=O)NCC2CCNCC2)c(Br)c1. The van der Waals surface area contributed by atoms with E-state index in [1.54, 1.807) is 6.07 Å². The van der Waals surface area contributed by atoms with Gasteiger partial charge in [0.2, 0.25) is 10.0 Å². The highest BCUT2D eigenvalue weighted by molar-refractivity contribution is 9.10. The minimum absolute atomic E-state index is 0.312. The summed E-state index contributed by atoms with van der Waals surface area (Å²) in [7, 11) is -3.42. The van der Waals surface area contributed by atoms with Crippen molar-refractivity contribution in [2.45, 2.75) is 24.7 Å². The first-order valence-electron chi connectivity index (χ1n) is 6.45. The van der Waals surface area contributed by atoms with Crippen LogP contribution in [0.15, 0.2) is 27.6 Å². The van der Waals surface area contributed by atoms with E-state index in [0.717, 1.165) is 31.5 Å². The average molecular weight is 347 g/mol. The summed E-state index contributed by atoms with van der Waals surface area (Å²) in [6, 6.07) is 5.27. The van der Waals surface area contributed by atoms with Gasteiger partial charge in [-0.05, 0) is 72.4 Å². The van der Waals surface area contributed by atoms with Crippen LogP contribution in [0, 0.1) is 12.8 Å². The third kappa shape index (κ3) is 4.02. The first-order valence-corrected chi connectivity index (χ1v) is 8.73. The number of piperidine rings is 1. The van der Waals surface area contributed by atoms with Crippen molar-refractivity contribution in [1.82, 2.24) is 10.0 Å². The van der Waals surface area contributed by atoms with Crippen LogP contribution in [0.3, 0.4) is 0 Å². The zero-order valence-electron chi connectivity index (χ0n) is 10.9. The van der Waals surface area contributed by atoms with Gasteiger partial charge in [0.1, 0.15) is 0 Å². The maximum atomic E-state index is 12.3. The summed E-state index contributed by atoms with van der Waals surface area (Å²) in [4.78, 5) is 0.312. The second-order valence-electron chi connectivity index (χ2n) is 4.98. The molecule has 0 bridgehead atoms. The van der Waals surface area contributed by atoms with E-state index in [1.165, 1.54) is 0 Å². The standard InChI is InChI=1S/C13H19BrN2O2S/c1-10-2-3-13(12(14)8-10)19(17,18)16-9-11-4-6-15-7-5-11/h2-3,8,11,15-16H,4-7,9H2,1H3. The van der Waals surface area contributed by atoms with Gasteiger partial charge in [0.15, 0.2) is 0 Å². The van der Waals surface area contributed by atoms with Gasteiger partial charge in [0.25, 0.3) is 0 Å². The van der Waals surface area contributed by atoms with Crippen molar-refractivity contribution in [2.24, 2.45) is 5.92 Å². The van der Waals surface area contributed by atoms with Crippen LogP contribution in [0.25, 0.3) is 0 Å². The van der Waals surface area contributed by atoms with Crippen LogP contribution in [0.2, 0.25) is 0 Å². The monoisotopic (exact) mass is 346 g/mol. The van der Waals surface area contributed by atoms with Gasteiger partial charge in [-0.15, -0.1) is 0 Å². The van der Waals surface area contributed by atoms with Crippen molar-refractivity contribution in [3.05, 3.63) is 28.2 Å². The molecular formula is C13H19BrN2O2S. The lowest BCUT2D eigenvalue weighted by molar-refractivity contribution is 0.372. The Labute approximate surface area is 123 Å². The topological polar surface area (TPSA) is 58.2 Å². The van der Waals surface area contributed by atoms with E-state index in [4.69, 9.17) is 0 Å². The van der Waals surface area contributed by atoms with Crippen molar-refractivity contribution in [1.29, 1.82) is 0 Å². The molecule has 2 rings (SSSR count). The zero-order chi connectivity index (χ0) is 13.9. The minimum Gasteiger partial charge on any atom is -0.317 e. The van der Waals surface area contributed by atoms with Crippen molar-refractivity contribution < 1.29 is 8.42 Å². The van der Waals surface area contributed by atoms with E-state index in [1.807, 2.05) is 19.1 Å². The van der Waals surface area contributed by atoms with E-state index in [2.05, 4.69) is 26.0 Å². The van der Waals surface area contributed by atoms with Gasteiger partial charge in [-0.1, -0.05) is 6.07 Å². The Morgan fingerprint density at radius 3 is 2.68 bits per heavy atom. The lowest BCUT2D eigenvalue weighted by atomic mass is 9.99. The van der Waals surface area contributed by atoms with E-state index in [0.29, 0.717) is 21.8 Å². The minimum atomic E-state index is -3.42. The fourth-order valence-electron chi connectivity index (χ4n) is 2.21. The van der Waals surface area contributed by atoms with Gasteiger partial charge in [0.05, 0.1) is 4.90 Å². The number of hydrogen-bond acceptors (Lipinski definition) is 3. The third-order valence-electron chi connectivity index (χ3n) is 3.40. The lowest BCUT2D eigenvalue weighted by Gasteiger charge is -2.22. The third-order valence-corrected chi connectivity index (χ3v) is 5.80.